The highest BCUT2D eigenvalue weighted by Gasteiger charge is 2.27. The fourth-order valence-electron chi connectivity index (χ4n) is 4.36. The van der Waals surface area contributed by atoms with Gasteiger partial charge in [0, 0.05) is 44.5 Å². The quantitative estimate of drug-likeness (QED) is 0.318. The molecule has 11 nitrogen and oxygen atoms in total. The smallest absolute Gasteiger partial charge is 0.414 e. The lowest BCUT2D eigenvalue weighted by Crippen LogP contribution is -2.54. The number of rotatable bonds is 8. The number of aliphatic carboxylic acids is 2. The number of carbonyl (C=O) groups is 2. The number of hydrogen-bond acceptors (Lipinski definition) is 7. The predicted molar refractivity (Wildman–Crippen MR) is 149 cm³/mol. The van der Waals surface area contributed by atoms with Gasteiger partial charge < -0.3 is 25.6 Å². The van der Waals surface area contributed by atoms with Crippen LogP contribution in [0.5, 0.6) is 0 Å². The van der Waals surface area contributed by atoms with Gasteiger partial charge in [-0.3, -0.25) is 14.4 Å². The molecule has 2 aromatic carbocycles. The largest absolute Gasteiger partial charge is 0.473 e. The van der Waals surface area contributed by atoms with Crippen LogP contribution in [0.4, 0.5) is 11.4 Å². The third-order valence-electron chi connectivity index (χ3n) is 6.71. The number of carboxylic acids is 2. The minimum atomic E-state index is -1.82. The Bertz CT molecular complexity index is 1300. The molecular weight excluding hydrogens is 502 g/mol. The first-order chi connectivity index (χ1) is 18.5. The van der Waals surface area contributed by atoms with Crippen LogP contribution in [0, 0.1) is 6.92 Å². The molecule has 4 rings (SSSR count). The first-order valence-corrected chi connectivity index (χ1v) is 12.7. The van der Waals surface area contributed by atoms with Crippen molar-refractivity contribution in [2.75, 3.05) is 38.2 Å². The van der Waals surface area contributed by atoms with Crippen LogP contribution in [0.1, 0.15) is 25.1 Å². The van der Waals surface area contributed by atoms with E-state index in [0.29, 0.717) is 5.69 Å². The number of nitrogens with one attached hydrogen (secondary N) is 2. The van der Waals surface area contributed by atoms with E-state index in [-0.39, 0.29) is 11.1 Å². The zero-order valence-electron chi connectivity index (χ0n) is 22.8. The van der Waals surface area contributed by atoms with Gasteiger partial charge in [-0.15, -0.1) is 0 Å². The molecule has 0 radical (unpaired) electrons. The molecule has 0 aliphatic carbocycles. The number of para-hydroxylation sites is 1. The van der Waals surface area contributed by atoms with Crippen molar-refractivity contribution < 1.29 is 24.5 Å². The van der Waals surface area contributed by atoms with Gasteiger partial charge in [0.2, 0.25) is 0 Å². The monoisotopic (exact) mass is 539 g/mol. The Labute approximate surface area is 227 Å². The second-order valence-corrected chi connectivity index (χ2v) is 9.88. The number of morpholine rings is 1. The molecule has 2 heterocycles. The molecule has 0 spiro atoms. The first-order valence-electron chi connectivity index (χ1n) is 12.7. The molecule has 4 N–H and O–H groups in total. The maximum Gasteiger partial charge on any atom is 0.414 e. The van der Waals surface area contributed by atoms with Crippen molar-refractivity contribution in [3.63, 3.8) is 0 Å². The number of anilines is 2. The highest BCUT2D eigenvalue weighted by molar-refractivity contribution is 6.27. The fourth-order valence-corrected chi connectivity index (χ4v) is 4.36. The molecule has 0 unspecified atom stereocenters. The number of aromatic nitrogens is 2. The molecule has 11 heteroatoms. The van der Waals surface area contributed by atoms with E-state index in [1.165, 1.54) is 5.56 Å². The molecule has 0 saturated carbocycles. The first kappa shape index (κ1) is 29.6. The van der Waals surface area contributed by atoms with Crippen molar-refractivity contribution in [1.29, 1.82) is 0 Å². The zero-order chi connectivity index (χ0) is 28.6. The third-order valence-corrected chi connectivity index (χ3v) is 6.71. The molecule has 3 aromatic rings. The summed E-state index contributed by atoms with van der Waals surface area (Å²) in [5.41, 5.74) is 4.48. The lowest BCUT2D eigenvalue weighted by Gasteiger charge is -2.41. The second kappa shape index (κ2) is 13.2. The lowest BCUT2D eigenvalue weighted by molar-refractivity contribution is -0.159. The van der Waals surface area contributed by atoms with Crippen LogP contribution >= 0.6 is 0 Å². The Kier molecular flexibility index (Phi) is 10.0. The van der Waals surface area contributed by atoms with E-state index in [2.05, 4.69) is 41.5 Å². The van der Waals surface area contributed by atoms with Gasteiger partial charge >= 0.3 is 11.9 Å². The Balaban J connectivity index is 0.000000631. The third kappa shape index (κ3) is 7.79. The van der Waals surface area contributed by atoms with Gasteiger partial charge in [-0.25, -0.2) is 14.3 Å². The van der Waals surface area contributed by atoms with Crippen molar-refractivity contribution in [1.82, 2.24) is 19.6 Å². The summed E-state index contributed by atoms with van der Waals surface area (Å²) in [7, 11) is 1.90. The lowest BCUT2D eigenvalue weighted by atomic mass is 10.0. The number of carboxylic acid groups (broad SMARTS) is 2. The van der Waals surface area contributed by atoms with Crippen LogP contribution in [0.25, 0.3) is 5.69 Å². The Morgan fingerprint density at radius 1 is 0.974 bits per heavy atom. The molecule has 0 bridgehead atoms. The van der Waals surface area contributed by atoms with Gasteiger partial charge in [0.15, 0.2) is 0 Å². The summed E-state index contributed by atoms with van der Waals surface area (Å²) < 4.78 is 9.05. The summed E-state index contributed by atoms with van der Waals surface area (Å²) in [6, 6.07) is 18.0. The van der Waals surface area contributed by atoms with Crippen LogP contribution in [0.2, 0.25) is 0 Å². The summed E-state index contributed by atoms with van der Waals surface area (Å²) in [4.78, 5) is 33.8. The SMILES string of the molecule is Cc1c(Nc2ccc(CNCC(C)(C)N3CCOCC3)cc2)c(=O)n(-c2ccccc2)n1C.O=C(O)C(=O)O. The molecule has 0 atom stereocenters. The summed E-state index contributed by atoms with van der Waals surface area (Å²) in [5.74, 6) is -3.65. The molecule has 1 aromatic heterocycles. The second-order valence-electron chi connectivity index (χ2n) is 9.88. The van der Waals surface area contributed by atoms with Crippen LogP contribution in [0.15, 0.2) is 59.4 Å². The van der Waals surface area contributed by atoms with Gasteiger partial charge in [0.05, 0.1) is 24.6 Å². The van der Waals surface area contributed by atoms with Gasteiger partial charge in [0.1, 0.15) is 5.69 Å². The molecule has 1 aliphatic rings. The van der Waals surface area contributed by atoms with Crippen LogP contribution in [0.3, 0.4) is 0 Å². The van der Waals surface area contributed by atoms with Crippen molar-refractivity contribution in [3.05, 3.63) is 76.2 Å². The molecule has 1 fully saturated rings. The molecule has 210 valence electrons. The summed E-state index contributed by atoms with van der Waals surface area (Å²) in [6.45, 7) is 11.8. The topological polar surface area (TPSA) is 138 Å². The fraction of sp³-hybridized carbons (Fsp3) is 0.393. The zero-order valence-corrected chi connectivity index (χ0v) is 22.8. The van der Waals surface area contributed by atoms with Gasteiger partial charge in [-0.05, 0) is 50.6 Å². The van der Waals surface area contributed by atoms with Crippen LogP contribution < -0.4 is 16.2 Å². The maximum absolute atomic E-state index is 13.1. The van der Waals surface area contributed by atoms with E-state index >= 15 is 0 Å². The van der Waals surface area contributed by atoms with Crippen molar-refractivity contribution in [2.24, 2.45) is 7.05 Å². The van der Waals surface area contributed by atoms with E-state index in [9.17, 15) is 4.79 Å². The molecule has 1 saturated heterocycles. The Hall–Kier alpha value is -3.93. The maximum atomic E-state index is 13.1. The summed E-state index contributed by atoms with van der Waals surface area (Å²) in [5, 5.41) is 21.7. The Morgan fingerprint density at radius 3 is 2.13 bits per heavy atom. The van der Waals surface area contributed by atoms with Crippen molar-refractivity contribution in [3.8, 4) is 5.69 Å². The van der Waals surface area contributed by atoms with E-state index in [0.717, 1.165) is 56.5 Å². The molecule has 1 aliphatic heterocycles. The molecule has 39 heavy (non-hydrogen) atoms. The standard InChI is InChI=1S/C26H35N5O2.C2H2O4/c1-20-24(25(32)31(29(20)4)23-8-6-5-7-9-23)28-22-12-10-21(11-13-22)18-27-19-26(2,3)30-14-16-33-17-15-30;3-1(4)2(5)6/h5-13,27-28H,14-19H2,1-4H3;(H,3,4)(H,5,6). The Morgan fingerprint density at radius 2 is 1.56 bits per heavy atom. The number of benzene rings is 2. The van der Waals surface area contributed by atoms with Gasteiger partial charge in [-0.2, -0.15) is 0 Å². The summed E-state index contributed by atoms with van der Waals surface area (Å²) in [6.07, 6.45) is 0. The van der Waals surface area contributed by atoms with E-state index in [1.54, 1.807) is 4.68 Å². The van der Waals surface area contributed by atoms with E-state index in [1.807, 2.05) is 61.1 Å². The van der Waals surface area contributed by atoms with Crippen LogP contribution in [-0.2, 0) is 27.9 Å². The van der Waals surface area contributed by atoms with Crippen molar-refractivity contribution >= 4 is 23.3 Å². The van der Waals surface area contributed by atoms with Gasteiger partial charge in [-0.1, -0.05) is 30.3 Å². The van der Waals surface area contributed by atoms with Crippen LogP contribution in [-0.4, -0.2) is 74.8 Å². The molecular formula is C28H37N5O6. The van der Waals surface area contributed by atoms with Crippen molar-refractivity contribution in [2.45, 2.75) is 32.9 Å². The minimum absolute atomic E-state index is 0.0581. The summed E-state index contributed by atoms with van der Waals surface area (Å²) >= 11 is 0. The highest BCUT2D eigenvalue weighted by Crippen LogP contribution is 2.20. The number of ether oxygens (including phenoxy) is 1. The highest BCUT2D eigenvalue weighted by atomic mass is 16.5. The van der Waals surface area contributed by atoms with Gasteiger partial charge in [0.25, 0.3) is 5.56 Å². The average molecular weight is 540 g/mol. The minimum Gasteiger partial charge on any atom is -0.473 e. The normalized spacial score (nSPS) is 13.8. The number of hydrogen-bond donors (Lipinski definition) is 4. The van der Waals surface area contributed by atoms with E-state index in [4.69, 9.17) is 24.5 Å². The predicted octanol–water partition coefficient (Wildman–Crippen LogP) is 2.58. The number of nitrogens with zero attached hydrogens (tertiary/aromatic N) is 3. The molecule has 0 amide bonds. The average Bonchev–Trinajstić information content (AvgIpc) is 3.13. The van der Waals surface area contributed by atoms with E-state index < -0.39 is 11.9 Å².